The molecule has 1 aliphatic heterocycles. The van der Waals surface area contributed by atoms with Crippen molar-refractivity contribution in [1.82, 2.24) is 4.90 Å². The first kappa shape index (κ1) is 15.0. The van der Waals surface area contributed by atoms with Crippen LogP contribution in [0.15, 0.2) is 42.5 Å². The van der Waals surface area contributed by atoms with Crippen molar-refractivity contribution in [3.63, 3.8) is 0 Å². The summed E-state index contributed by atoms with van der Waals surface area (Å²) in [7, 11) is 0. The van der Waals surface area contributed by atoms with Gasteiger partial charge in [-0.3, -0.25) is 4.79 Å². The normalized spacial score (nSPS) is 18.0. The lowest BCUT2D eigenvalue weighted by atomic mass is 10.1. The third-order valence-electron chi connectivity index (χ3n) is 3.51. The van der Waals surface area contributed by atoms with E-state index >= 15 is 0 Å². The van der Waals surface area contributed by atoms with E-state index < -0.39 is 22.8 Å². The summed E-state index contributed by atoms with van der Waals surface area (Å²) < 4.78 is 41.7. The van der Waals surface area contributed by atoms with E-state index in [1.165, 1.54) is 17.0 Å². The third kappa shape index (κ3) is 2.70. The fraction of sp³-hybridized carbons (Fsp3) is 0.188. The molecule has 1 heterocycles. The Hall–Kier alpha value is -1.95. The summed E-state index contributed by atoms with van der Waals surface area (Å²) in [4.78, 5) is 13.3. The Morgan fingerprint density at radius 1 is 1.00 bits per heavy atom. The van der Waals surface area contributed by atoms with Gasteiger partial charge in [0, 0.05) is 12.1 Å². The molecule has 1 atom stereocenters. The van der Waals surface area contributed by atoms with Gasteiger partial charge in [0.1, 0.15) is 22.8 Å². The molecule has 0 radical (unpaired) electrons. The molecule has 2 aromatic rings. The van der Waals surface area contributed by atoms with Gasteiger partial charge in [-0.1, -0.05) is 24.3 Å². The maximum Gasteiger partial charge on any atom is 0.234 e. The van der Waals surface area contributed by atoms with Crippen LogP contribution >= 0.6 is 11.8 Å². The number of halogens is 3. The summed E-state index contributed by atoms with van der Waals surface area (Å²) in [5.74, 6) is -2.00. The molecule has 114 valence electrons. The second-order valence-corrected chi connectivity index (χ2v) is 5.98. The van der Waals surface area contributed by atoms with Crippen LogP contribution in [-0.4, -0.2) is 16.6 Å². The molecule has 0 aliphatic carbocycles. The Bertz CT molecular complexity index is 702. The molecule has 2 nitrogen and oxygen atoms in total. The molecule has 3 rings (SSSR count). The molecular weight excluding hydrogens is 311 g/mol. The molecule has 1 saturated heterocycles. The maximum atomic E-state index is 14.0. The van der Waals surface area contributed by atoms with Crippen LogP contribution in [0.2, 0.25) is 0 Å². The third-order valence-corrected chi connectivity index (χ3v) is 4.73. The highest BCUT2D eigenvalue weighted by molar-refractivity contribution is 8.00. The van der Waals surface area contributed by atoms with E-state index in [2.05, 4.69) is 0 Å². The number of benzene rings is 2. The van der Waals surface area contributed by atoms with Crippen molar-refractivity contribution in [3.8, 4) is 0 Å². The Kier molecular flexibility index (Phi) is 4.11. The number of nitrogens with zero attached hydrogens (tertiary/aromatic N) is 1. The minimum Gasteiger partial charge on any atom is -0.321 e. The zero-order valence-corrected chi connectivity index (χ0v) is 12.2. The molecule has 1 amide bonds. The van der Waals surface area contributed by atoms with Crippen molar-refractivity contribution in [1.29, 1.82) is 0 Å². The van der Waals surface area contributed by atoms with Gasteiger partial charge in [0.15, 0.2) is 0 Å². The molecular formula is C16H12F3NOS. The average molecular weight is 323 g/mol. The number of hydrogen-bond acceptors (Lipinski definition) is 2. The van der Waals surface area contributed by atoms with Gasteiger partial charge in [0.2, 0.25) is 5.91 Å². The van der Waals surface area contributed by atoms with E-state index in [9.17, 15) is 18.0 Å². The van der Waals surface area contributed by atoms with Crippen molar-refractivity contribution in [2.45, 2.75) is 11.9 Å². The van der Waals surface area contributed by atoms with Crippen LogP contribution in [0.4, 0.5) is 13.2 Å². The fourth-order valence-corrected chi connectivity index (χ4v) is 3.65. The molecule has 0 aromatic heterocycles. The minimum absolute atomic E-state index is 0.0169. The van der Waals surface area contributed by atoms with E-state index in [-0.39, 0.29) is 23.8 Å². The van der Waals surface area contributed by atoms with E-state index in [1.54, 1.807) is 18.2 Å². The molecule has 0 bridgehead atoms. The van der Waals surface area contributed by atoms with Crippen molar-refractivity contribution < 1.29 is 18.0 Å². The fourth-order valence-electron chi connectivity index (χ4n) is 2.42. The van der Waals surface area contributed by atoms with Gasteiger partial charge >= 0.3 is 0 Å². The lowest BCUT2D eigenvalue weighted by Gasteiger charge is -2.25. The number of rotatable bonds is 3. The first-order valence-electron chi connectivity index (χ1n) is 6.66. The zero-order valence-electron chi connectivity index (χ0n) is 11.4. The lowest BCUT2D eigenvalue weighted by molar-refractivity contribution is -0.128. The highest BCUT2D eigenvalue weighted by Gasteiger charge is 2.36. The van der Waals surface area contributed by atoms with E-state index in [0.29, 0.717) is 5.56 Å². The summed E-state index contributed by atoms with van der Waals surface area (Å²) in [5.41, 5.74) is 0.162. The van der Waals surface area contributed by atoms with Crippen LogP contribution in [0.5, 0.6) is 0 Å². The van der Waals surface area contributed by atoms with E-state index in [1.807, 2.05) is 0 Å². The van der Waals surface area contributed by atoms with Crippen molar-refractivity contribution in [2.75, 3.05) is 5.75 Å². The van der Waals surface area contributed by atoms with E-state index in [0.717, 1.165) is 23.9 Å². The van der Waals surface area contributed by atoms with Crippen molar-refractivity contribution in [2.24, 2.45) is 0 Å². The van der Waals surface area contributed by atoms with Crippen molar-refractivity contribution >= 4 is 17.7 Å². The molecule has 1 fully saturated rings. The SMILES string of the molecule is O=C1CS[C@@H](c2c(F)cccc2F)N1Cc1ccccc1F. The zero-order chi connectivity index (χ0) is 15.7. The molecule has 1 aliphatic rings. The van der Waals surface area contributed by atoms with Gasteiger partial charge in [0.05, 0.1) is 11.3 Å². The summed E-state index contributed by atoms with van der Waals surface area (Å²) in [6.07, 6.45) is 0. The largest absolute Gasteiger partial charge is 0.321 e. The topological polar surface area (TPSA) is 20.3 Å². The van der Waals surface area contributed by atoms with Gasteiger partial charge in [-0.25, -0.2) is 13.2 Å². The molecule has 22 heavy (non-hydrogen) atoms. The van der Waals surface area contributed by atoms with Crippen LogP contribution < -0.4 is 0 Å². The Labute approximate surface area is 129 Å². The number of hydrogen-bond donors (Lipinski definition) is 0. The monoisotopic (exact) mass is 323 g/mol. The van der Waals surface area contributed by atoms with Gasteiger partial charge in [-0.05, 0) is 18.2 Å². The summed E-state index contributed by atoms with van der Waals surface area (Å²) in [6.45, 7) is -0.0169. The Morgan fingerprint density at radius 2 is 1.64 bits per heavy atom. The Morgan fingerprint density at radius 3 is 2.32 bits per heavy atom. The number of carbonyl (C=O) groups is 1. The molecule has 6 heteroatoms. The van der Waals surface area contributed by atoms with Gasteiger partial charge in [-0.2, -0.15) is 0 Å². The second-order valence-electron chi connectivity index (χ2n) is 4.91. The first-order valence-corrected chi connectivity index (χ1v) is 7.71. The highest BCUT2D eigenvalue weighted by Crippen LogP contribution is 2.41. The summed E-state index contributed by atoms with van der Waals surface area (Å²) in [6, 6.07) is 9.64. The van der Waals surface area contributed by atoms with Crippen LogP contribution in [0.3, 0.4) is 0 Å². The Balaban J connectivity index is 1.95. The van der Waals surface area contributed by atoms with E-state index in [4.69, 9.17) is 0 Å². The lowest BCUT2D eigenvalue weighted by Crippen LogP contribution is -2.29. The molecule has 0 unspecified atom stereocenters. The summed E-state index contributed by atoms with van der Waals surface area (Å²) >= 11 is 1.14. The minimum atomic E-state index is -0.784. The quantitative estimate of drug-likeness (QED) is 0.854. The highest BCUT2D eigenvalue weighted by atomic mass is 32.2. The standard InChI is InChI=1S/C16H12F3NOS/c17-11-5-2-1-4-10(11)8-20-14(21)9-22-16(20)15-12(18)6-3-7-13(15)19/h1-7,16H,8-9H2/t16-/m0/s1. The van der Waals surface area contributed by atoms with Crippen LogP contribution in [0.1, 0.15) is 16.5 Å². The maximum absolute atomic E-state index is 14.0. The molecule has 0 saturated carbocycles. The number of amides is 1. The summed E-state index contributed by atoms with van der Waals surface area (Å²) in [5, 5.41) is -0.784. The van der Waals surface area contributed by atoms with Crippen LogP contribution in [0, 0.1) is 17.5 Å². The van der Waals surface area contributed by atoms with Gasteiger partial charge in [-0.15, -0.1) is 11.8 Å². The second kappa shape index (κ2) is 6.04. The number of thioether (sulfide) groups is 1. The average Bonchev–Trinajstić information content (AvgIpc) is 2.83. The molecule has 0 spiro atoms. The predicted molar refractivity (Wildman–Crippen MR) is 78.5 cm³/mol. The van der Waals surface area contributed by atoms with Crippen LogP contribution in [0.25, 0.3) is 0 Å². The van der Waals surface area contributed by atoms with Gasteiger partial charge in [0.25, 0.3) is 0 Å². The first-order chi connectivity index (χ1) is 10.6. The van der Waals surface area contributed by atoms with Crippen LogP contribution in [-0.2, 0) is 11.3 Å². The van der Waals surface area contributed by atoms with Crippen molar-refractivity contribution in [3.05, 3.63) is 71.0 Å². The number of carbonyl (C=O) groups excluding carboxylic acids is 1. The molecule has 0 N–H and O–H groups in total. The smallest absolute Gasteiger partial charge is 0.234 e. The van der Waals surface area contributed by atoms with Gasteiger partial charge < -0.3 is 4.90 Å². The molecule has 2 aromatic carbocycles. The predicted octanol–water partition coefficient (Wildman–Crippen LogP) is 3.88.